The third-order valence-corrected chi connectivity index (χ3v) is 4.46. The highest BCUT2D eigenvalue weighted by molar-refractivity contribution is 5.85. The molecule has 3 N–H and O–H groups in total. The van der Waals surface area contributed by atoms with E-state index in [9.17, 15) is 4.79 Å². The summed E-state index contributed by atoms with van der Waals surface area (Å²) in [4.78, 5) is 11.5. The standard InChI is InChI=1S/C13H24N2O2/c1-15-13(12(14)16)7-6-11(8-13)17-9-10-4-2-3-5-10/h10-11,15H,2-9H2,1H3,(H2,14,16). The number of rotatable bonds is 5. The summed E-state index contributed by atoms with van der Waals surface area (Å²) in [5.74, 6) is 0.500. The van der Waals surface area contributed by atoms with Gasteiger partial charge in [-0.15, -0.1) is 0 Å². The van der Waals surface area contributed by atoms with Crippen LogP contribution < -0.4 is 11.1 Å². The van der Waals surface area contributed by atoms with Crippen molar-refractivity contribution in [2.45, 2.75) is 56.6 Å². The summed E-state index contributed by atoms with van der Waals surface area (Å²) in [6.45, 7) is 0.864. The second kappa shape index (κ2) is 5.36. The van der Waals surface area contributed by atoms with Crippen LogP contribution in [0.2, 0.25) is 0 Å². The largest absolute Gasteiger partial charge is 0.378 e. The molecule has 2 rings (SSSR count). The van der Waals surface area contributed by atoms with Gasteiger partial charge in [-0.05, 0) is 38.6 Å². The molecule has 2 saturated carbocycles. The Morgan fingerprint density at radius 2 is 2.12 bits per heavy atom. The van der Waals surface area contributed by atoms with Gasteiger partial charge < -0.3 is 15.8 Å². The van der Waals surface area contributed by atoms with Gasteiger partial charge >= 0.3 is 0 Å². The highest BCUT2D eigenvalue weighted by atomic mass is 16.5. The molecule has 0 bridgehead atoms. The molecule has 4 heteroatoms. The lowest BCUT2D eigenvalue weighted by atomic mass is 9.97. The summed E-state index contributed by atoms with van der Waals surface area (Å²) < 4.78 is 5.95. The average molecular weight is 240 g/mol. The van der Waals surface area contributed by atoms with E-state index >= 15 is 0 Å². The van der Waals surface area contributed by atoms with Crippen molar-refractivity contribution in [1.29, 1.82) is 0 Å². The lowest BCUT2D eigenvalue weighted by molar-refractivity contribution is -0.124. The minimum atomic E-state index is -0.527. The number of hydrogen-bond acceptors (Lipinski definition) is 3. The molecule has 4 nitrogen and oxygen atoms in total. The third kappa shape index (κ3) is 2.80. The van der Waals surface area contributed by atoms with E-state index in [1.165, 1.54) is 25.7 Å². The quantitative estimate of drug-likeness (QED) is 0.758. The minimum Gasteiger partial charge on any atom is -0.378 e. The Bertz CT molecular complexity index is 277. The van der Waals surface area contributed by atoms with Gasteiger partial charge in [0.05, 0.1) is 11.6 Å². The number of primary amides is 1. The summed E-state index contributed by atoms with van der Waals surface area (Å²) in [5, 5.41) is 3.08. The van der Waals surface area contributed by atoms with Gasteiger partial charge in [0.1, 0.15) is 0 Å². The molecule has 98 valence electrons. The molecule has 2 aliphatic rings. The number of nitrogens with two attached hydrogens (primary N) is 1. The molecule has 0 aromatic heterocycles. The first-order chi connectivity index (χ1) is 8.16. The fourth-order valence-electron chi connectivity index (χ4n) is 3.17. The molecule has 0 aromatic rings. The van der Waals surface area contributed by atoms with Crippen LogP contribution in [0.4, 0.5) is 0 Å². The van der Waals surface area contributed by atoms with Crippen molar-refractivity contribution < 1.29 is 9.53 Å². The smallest absolute Gasteiger partial charge is 0.237 e. The molecule has 0 aromatic carbocycles. The molecule has 0 heterocycles. The van der Waals surface area contributed by atoms with Gasteiger partial charge in [0.15, 0.2) is 0 Å². The Hall–Kier alpha value is -0.610. The Morgan fingerprint density at radius 3 is 2.65 bits per heavy atom. The van der Waals surface area contributed by atoms with E-state index < -0.39 is 5.54 Å². The van der Waals surface area contributed by atoms with Crippen molar-refractivity contribution in [2.75, 3.05) is 13.7 Å². The van der Waals surface area contributed by atoms with Crippen molar-refractivity contribution in [1.82, 2.24) is 5.32 Å². The van der Waals surface area contributed by atoms with Gasteiger partial charge in [0.2, 0.25) is 5.91 Å². The summed E-state index contributed by atoms with van der Waals surface area (Å²) in [5.41, 5.74) is 4.94. The zero-order chi connectivity index (χ0) is 12.3. The number of likely N-dealkylation sites (N-methyl/N-ethyl adjacent to an activating group) is 1. The van der Waals surface area contributed by atoms with Gasteiger partial charge in [-0.25, -0.2) is 0 Å². The first kappa shape index (κ1) is 12.8. The molecule has 17 heavy (non-hydrogen) atoms. The van der Waals surface area contributed by atoms with E-state index in [1.807, 2.05) is 7.05 Å². The monoisotopic (exact) mass is 240 g/mol. The molecule has 2 atom stereocenters. The molecular weight excluding hydrogens is 216 g/mol. The zero-order valence-corrected chi connectivity index (χ0v) is 10.7. The fraction of sp³-hybridized carbons (Fsp3) is 0.923. The molecule has 2 unspecified atom stereocenters. The maximum atomic E-state index is 11.5. The van der Waals surface area contributed by atoms with Gasteiger partial charge in [0.25, 0.3) is 0 Å². The van der Waals surface area contributed by atoms with E-state index in [4.69, 9.17) is 10.5 Å². The number of hydrogen-bond donors (Lipinski definition) is 2. The molecule has 0 saturated heterocycles. The summed E-state index contributed by atoms with van der Waals surface area (Å²) in [7, 11) is 1.81. The molecule has 0 aliphatic heterocycles. The van der Waals surface area contributed by atoms with E-state index in [0.29, 0.717) is 0 Å². The molecule has 0 radical (unpaired) electrons. The van der Waals surface area contributed by atoms with Crippen LogP contribution in [0.25, 0.3) is 0 Å². The fourth-order valence-corrected chi connectivity index (χ4v) is 3.17. The highest BCUT2D eigenvalue weighted by Gasteiger charge is 2.43. The van der Waals surface area contributed by atoms with E-state index in [-0.39, 0.29) is 12.0 Å². The average Bonchev–Trinajstić information content (AvgIpc) is 2.96. The van der Waals surface area contributed by atoms with Crippen molar-refractivity contribution >= 4 is 5.91 Å². The SMILES string of the molecule is CNC1(C(N)=O)CCC(OCC2CCCC2)C1. The van der Waals surface area contributed by atoms with Crippen molar-refractivity contribution in [3.8, 4) is 0 Å². The minimum absolute atomic E-state index is 0.204. The van der Waals surface area contributed by atoms with Crippen molar-refractivity contribution in [3.05, 3.63) is 0 Å². The Balaban J connectivity index is 1.78. The van der Waals surface area contributed by atoms with E-state index in [1.54, 1.807) is 0 Å². The van der Waals surface area contributed by atoms with Crippen molar-refractivity contribution in [2.24, 2.45) is 11.7 Å². The number of carbonyl (C=O) groups excluding carboxylic acids is 1. The van der Waals surface area contributed by atoms with Crippen LogP contribution in [0.1, 0.15) is 44.9 Å². The van der Waals surface area contributed by atoms with Crippen LogP contribution in [0.5, 0.6) is 0 Å². The second-order valence-corrected chi connectivity index (χ2v) is 5.54. The lowest BCUT2D eigenvalue weighted by Gasteiger charge is -2.25. The maximum Gasteiger partial charge on any atom is 0.237 e. The number of amides is 1. The number of carbonyl (C=O) groups is 1. The first-order valence-corrected chi connectivity index (χ1v) is 6.77. The Kier molecular flexibility index (Phi) is 4.05. The van der Waals surface area contributed by atoms with Gasteiger partial charge in [-0.3, -0.25) is 4.79 Å². The lowest BCUT2D eigenvalue weighted by Crippen LogP contribution is -2.52. The zero-order valence-electron chi connectivity index (χ0n) is 10.7. The molecule has 2 fully saturated rings. The molecule has 2 aliphatic carbocycles. The predicted molar refractivity (Wildman–Crippen MR) is 66.5 cm³/mol. The van der Waals surface area contributed by atoms with E-state index in [2.05, 4.69) is 5.32 Å². The highest BCUT2D eigenvalue weighted by Crippen LogP contribution is 2.33. The number of nitrogens with one attached hydrogen (secondary N) is 1. The second-order valence-electron chi connectivity index (χ2n) is 5.54. The van der Waals surface area contributed by atoms with Crippen LogP contribution in [0.3, 0.4) is 0 Å². The molecule has 0 spiro atoms. The van der Waals surface area contributed by atoms with Crippen LogP contribution >= 0.6 is 0 Å². The van der Waals surface area contributed by atoms with E-state index in [0.717, 1.165) is 31.8 Å². The van der Waals surface area contributed by atoms with Crippen LogP contribution in [0, 0.1) is 5.92 Å². The molecule has 1 amide bonds. The third-order valence-electron chi connectivity index (χ3n) is 4.46. The van der Waals surface area contributed by atoms with Crippen LogP contribution in [0.15, 0.2) is 0 Å². The topological polar surface area (TPSA) is 64.3 Å². The number of ether oxygens (including phenoxy) is 1. The van der Waals surface area contributed by atoms with Crippen LogP contribution in [-0.4, -0.2) is 31.2 Å². The van der Waals surface area contributed by atoms with Crippen molar-refractivity contribution in [3.63, 3.8) is 0 Å². The summed E-state index contributed by atoms with van der Waals surface area (Å²) in [6, 6.07) is 0. The molecular formula is C13H24N2O2. The van der Waals surface area contributed by atoms with Gasteiger partial charge in [0, 0.05) is 13.0 Å². The normalized spacial score (nSPS) is 34.3. The summed E-state index contributed by atoms with van der Waals surface area (Å²) in [6.07, 6.45) is 7.98. The predicted octanol–water partition coefficient (Wildman–Crippen LogP) is 1.19. The Morgan fingerprint density at radius 1 is 1.41 bits per heavy atom. The van der Waals surface area contributed by atoms with Crippen LogP contribution in [-0.2, 0) is 9.53 Å². The summed E-state index contributed by atoms with van der Waals surface area (Å²) >= 11 is 0. The maximum absolute atomic E-state index is 11.5. The van der Waals surface area contributed by atoms with Gasteiger partial charge in [-0.1, -0.05) is 12.8 Å². The first-order valence-electron chi connectivity index (χ1n) is 6.77. The van der Waals surface area contributed by atoms with Gasteiger partial charge in [-0.2, -0.15) is 0 Å². The Labute approximate surface area is 103 Å².